The number of hydrogen-bond acceptors (Lipinski definition) is 4. The molecule has 1 atom stereocenters. The normalized spacial score (nSPS) is 12.6. The van der Waals surface area contributed by atoms with Crippen LogP contribution < -0.4 is 10.5 Å². The molecule has 5 heteroatoms. The quantitative estimate of drug-likeness (QED) is 0.884. The zero-order valence-corrected chi connectivity index (χ0v) is 12.5. The summed E-state index contributed by atoms with van der Waals surface area (Å²) in [6.45, 7) is 5.14. The van der Waals surface area contributed by atoms with Gasteiger partial charge in [-0.1, -0.05) is 13.8 Å². The predicted molar refractivity (Wildman–Crippen MR) is 78.8 cm³/mol. The number of ether oxygens (including phenoxy) is 1. The molecule has 4 nitrogen and oxygen atoms in total. The first-order valence-electron chi connectivity index (χ1n) is 6.65. The molecule has 2 aromatic rings. The summed E-state index contributed by atoms with van der Waals surface area (Å²) in [5, 5.41) is 4.37. The van der Waals surface area contributed by atoms with E-state index >= 15 is 0 Å². The monoisotopic (exact) mass is 279 g/mol. The van der Waals surface area contributed by atoms with Gasteiger partial charge in [-0.15, -0.1) is 11.3 Å². The van der Waals surface area contributed by atoms with Gasteiger partial charge in [-0.05, 0) is 25.0 Å². The summed E-state index contributed by atoms with van der Waals surface area (Å²) >= 11 is 1.76. The fourth-order valence-electron chi connectivity index (χ4n) is 2.13. The summed E-state index contributed by atoms with van der Waals surface area (Å²) in [4.78, 5) is 2.51. The predicted octanol–water partition coefficient (Wildman–Crippen LogP) is 2.97. The molecule has 0 saturated heterocycles. The minimum Gasteiger partial charge on any atom is -0.493 e. The van der Waals surface area contributed by atoms with E-state index < -0.39 is 0 Å². The van der Waals surface area contributed by atoms with Crippen LogP contribution in [0.4, 0.5) is 0 Å². The van der Waals surface area contributed by atoms with Gasteiger partial charge in [-0.25, -0.2) is 0 Å². The molecule has 0 amide bonds. The van der Waals surface area contributed by atoms with Crippen molar-refractivity contribution in [3.8, 4) is 5.75 Å². The minimum absolute atomic E-state index is 0.172. The second-order valence-electron chi connectivity index (χ2n) is 4.46. The molecule has 0 saturated carbocycles. The van der Waals surface area contributed by atoms with Crippen LogP contribution in [-0.2, 0) is 13.0 Å². The molecule has 0 aliphatic rings. The highest BCUT2D eigenvalue weighted by Crippen LogP contribution is 2.32. The average Bonchev–Trinajstić information content (AvgIpc) is 3.04. The fraction of sp³-hybridized carbons (Fsp3) is 0.500. The molecular weight excluding hydrogens is 258 g/mol. The first-order chi connectivity index (χ1) is 9.21. The van der Waals surface area contributed by atoms with E-state index in [4.69, 9.17) is 10.5 Å². The van der Waals surface area contributed by atoms with Crippen molar-refractivity contribution < 1.29 is 4.74 Å². The van der Waals surface area contributed by atoms with Crippen LogP contribution in [0.25, 0.3) is 0 Å². The standard InChI is InChI=1S/C14H21N3OS/c1-4-8-17-14(11(18-3)9-16-17)13(15)12-7-6-10(5-2)19-12/h6-7,9,13H,4-5,8,15H2,1-3H3. The van der Waals surface area contributed by atoms with E-state index in [0.717, 1.165) is 35.7 Å². The second kappa shape index (κ2) is 6.21. The molecule has 0 fully saturated rings. The Morgan fingerprint density at radius 2 is 2.21 bits per heavy atom. The van der Waals surface area contributed by atoms with Crippen molar-refractivity contribution in [1.82, 2.24) is 9.78 Å². The van der Waals surface area contributed by atoms with Gasteiger partial charge in [0.25, 0.3) is 0 Å². The molecule has 0 bridgehead atoms. The molecule has 104 valence electrons. The number of rotatable bonds is 6. The largest absolute Gasteiger partial charge is 0.493 e. The number of aryl methyl sites for hydroxylation is 2. The third-order valence-corrected chi connectivity index (χ3v) is 4.44. The molecule has 2 rings (SSSR count). The lowest BCUT2D eigenvalue weighted by molar-refractivity contribution is 0.404. The lowest BCUT2D eigenvalue weighted by Gasteiger charge is -2.14. The summed E-state index contributed by atoms with van der Waals surface area (Å²) in [5.74, 6) is 0.771. The average molecular weight is 279 g/mol. The van der Waals surface area contributed by atoms with E-state index in [1.165, 1.54) is 4.88 Å². The maximum atomic E-state index is 6.41. The number of aromatic nitrogens is 2. The van der Waals surface area contributed by atoms with Gasteiger partial charge in [-0.2, -0.15) is 5.10 Å². The third-order valence-electron chi connectivity index (χ3n) is 3.13. The van der Waals surface area contributed by atoms with Crippen molar-refractivity contribution in [2.75, 3.05) is 7.11 Å². The lowest BCUT2D eigenvalue weighted by atomic mass is 10.1. The van der Waals surface area contributed by atoms with Crippen LogP contribution >= 0.6 is 11.3 Å². The van der Waals surface area contributed by atoms with Crippen molar-refractivity contribution in [2.45, 2.75) is 39.3 Å². The Bertz CT molecular complexity index is 533. The summed E-state index contributed by atoms with van der Waals surface area (Å²) < 4.78 is 7.34. The molecule has 2 heterocycles. The first kappa shape index (κ1) is 14.1. The maximum Gasteiger partial charge on any atom is 0.161 e. The topological polar surface area (TPSA) is 53.1 Å². The van der Waals surface area contributed by atoms with Gasteiger partial charge in [0.05, 0.1) is 19.3 Å². The van der Waals surface area contributed by atoms with E-state index in [1.54, 1.807) is 24.6 Å². The fourth-order valence-corrected chi connectivity index (χ4v) is 3.08. The number of hydrogen-bond donors (Lipinski definition) is 1. The molecule has 0 spiro atoms. The second-order valence-corrected chi connectivity index (χ2v) is 5.66. The smallest absolute Gasteiger partial charge is 0.161 e. The minimum atomic E-state index is -0.172. The van der Waals surface area contributed by atoms with Gasteiger partial charge < -0.3 is 10.5 Å². The highest BCUT2D eigenvalue weighted by atomic mass is 32.1. The SMILES string of the molecule is CCCn1ncc(OC)c1C(N)c1ccc(CC)s1. The molecule has 2 aromatic heterocycles. The Labute approximate surface area is 118 Å². The van der Waals surface area contributed by atoms with Gasteiger partial charge in [0.15, 0.2) is 5.75 Å². The Balaban J connectivity index is 2.35. The Morgan fingerprint density at radius 3 is 2.79 bits per heavy atom. The molecule has 0 radical (unpaired) electrons. The molecule has 0 aliphatic carbocycles. The van der Waals surface area contributed by atoms with Crippen LogP contribution in [0.15, 0.2) is 18.3 Å². The zero-order chi connectivity index (χ0) is 13.8. The van der Waals surface area contributed by atoms with Crippen LogP contribution in [0, 0.1) is 0 Å². The van der Waals surface area contributed by atoms with Crippen LogP contribution in [0.2, 0.25) is 0 Å². The lowest BCUT2D eigenvalue weighted by Crippen LogP contribution is -2.17. The first-order valence-corrected chi connectivity index (χ1v) is 7.46. The van der Waals surface area contributed by atoms with Crippen molar-refractivity contribution in [1.29, 1.82) is 0 Å². The van der Waals surface area contributed by atoms with Crippen LogP contribution in [-0.4, -0.2) is 16.9 Å². The molecule has 0 aromatic carbocycles. The summed E-state index contributed by atoms with van der Waals surface area (Å²) in [6, 6.07) is 4.08. The van der Waals surface area contributed by atoms with Crippen molar-refractivity contribution >= 4 is 11.3 Å². The summed E-state index contributed by atoms with van der Waals surface area (Å²) in [5.41, 5.74) is 7.37. The van der Waals surface area contributed by atoms with Gasteiger partial charge >= 0.3 is 0 Å². The molecule has 0 aliphatic heterocycles. The van der Waals surface area contributed by atoms with Gasteiger partial charge in [-0.3, -0.25) is 4.68 Å². The number of thiophene rings is 1. The van der Waals surface area contributed by atoms with E-state index in [2.05, 4.69) is 31.1 Å². The summed E-state index contributed by atoms with van der Waals surface area (Å²) in [7, 11) is 1.66. The Kier molecular flexibility index (Phi) is 4.61. The van der Waals surface area contributed by atoms with E-state index in [0.29, 0.717) is 0 Å². The van der Waals surface area contributed by atoms with Gasteiger partial charge in [0.2, 0.25) is 0 Å². The van der Waals surface area contributed by atoms with Gasteiger partial charge in [0, 0.05) is 16.3 Å². The molecule has 19 heavy (non-hydrogen) atoms. The Morgan fingerprint density at radius 1 is 1.42 bits per heavy atom. The number of nitrogens with two attached hydrogens (primary N) is 1. The van der Waals surface area contributed by atoms with E-state index in [1.807, 2.05) is 4.68 Å². The molecule has 1 unspecified atom stereocenters. The van der Waals surface area contributed by atoms with Crippen molar-refractivity contribution in [3.05, 3.63) is 33.8 Å². The van der Waals surface area contributed by atoms with Crippen LogP contribution in [0.1, 0.15) is 41.8 Å². The highest BCUT2D eigenvalue weighted by molar-refractivity contribution is 7.12. The van der Waals surface area contributed by atoms with Crippen LogP contribution in [0.3, 0.4) is 0 Å². The molecule has 2 N–H and O–H groups in total. The van der Waals surface area contributed by atoms with E-state index in [9.17, 15) is 0 Å². The van der Waals surface area contributed by atoms with Gasteiger partial charge in [0.1, 0.15) is 5.69 Å². The van der Waals surface area contributed by atoms with Crippen molar-refractivity contribution in [2.24, 2.45) is 5.73 Å². The highest BCUT2D eigenvalue weighted by Gasteiger charge is 2.21. The van der Waals surface area contributed by atoms with Crippen molar-refractivity contribution in [3.63, 3.8) is 0 Å². The van der Waals surface area contributed by atoms with E-state index in [-0.39, 0.29) is 6.04 Å². The number of methoxy groups -OCH3 is 1. The number of nitrogens with zero attached hydrogens (tertiary/aromatic N) is 2. The molecular formula is C14H21N3OS. The maximum absolute atomic E-state index is 6.41. The zero-order valence-electron chi connectivity index (χ0n) is 11.7. The summed E-state index contributed by atoms with van der Waals surface area (Å²) in [6.07, 6.45) is 3.82. The van der Waals surface area contributed by atoms with Crippen LogP contribution in [0.5, 0.6) is 5.75 Å². The Hall–Kier alpha value is -1.33. The third kappa shape index (κ3) is 2.82.